The summed E-state index contributed by atoms with van der Waals surface area (Å²) in [7, 11) is 1.53. The van der Waals surface area contributed by atoms with Gasteiger partial charge in [0, 0.05) is 18.1 Å². The van der Waals surface area contributed by atoms with Crippen LogP contribution in [0.2, 0.25) is 0 Å². The monoisotopic (exact) mass is 272 g/mol. The third kappa shape index (κ3) is 3.29. The lowest BCUT2D eigenvalue weighted by Gasteiger charge is -2.08. The van der Waals surface area contributed by atoms with Crippen molar-refractivity contribution in [3.05, 3.63) is 53.6 Å². The third-order valence-corrected chi connectivity index (χ3v) is 3.08. The molecule has 0 bridgehead atoms. The Kier molecular flexibility index (Phi) is 4.25. The number of methoxy groups -OCH3 is 1. The van der Waals surface area contributed by atoms with Crippen molar-refractivity contribution in [1.82, 2.24) is 0 Å². The first-order valence-electron chi connectivity index (χ1n) is 6.28. The number of hydrogen-bond acceptors (Lipinski definition) is 4. The summed E-state index contributed by atoms with van der Waals surface area (Å²) in [5, 5.41) is 18.6. The van der Waals surface area contributed by atoms with Crippen LogP contribution in [0, 0.1) is 0 Å². The van der Waals surface area contributed by atoms with Gasteiger partial charge >= 0.3 is 0 Å². The van der Waals surface area contributed by atoms with Crippen LogP contribution in [0.15, 0.2) is 42.5 Å². The van der Waals surface area contributed by atoms with Gasteiger partial charge in [0.25, 0.3) is 0 Å². The first kappa shape index (κ1) is 13.9. The van der Waals surface area contributed by atoms with Gasteiger partial charge in [-0.25, -0.2) is 0 Å². The first-order valence-corrected chi connectivity index (χ1v) is 6.28. The summed E-state index contributed by atoms with van der Waals surface area (Å²) in [5.41, 5.74) is 1.44. The Bertz CT molecular complexity index is 602. The van der Waals surface area contributed by atoms with E-state index in [1.165, 1.54) is 25.3 Å². The van der Waals surface area contributed by atoms with E-state index in [0.29, 0.717) is 24.2 Å². The highest BCUT2D eigenvalue weighted by atomic mass is 16.5. The highest BCUT2D eigenvalue weighted by Crippen LogP contribution is 2.25. The molecule has 2 aromatic carbocycles. The molecule has 4 heteroatoms. The van der Waals surface area contributed by atoms with Gasteiger partial charge in [-0.1, -0.05) is 6.07 Å². The summed E-state index contributed by atoms with van der Waals surface area (Å²) in [6, 6.07) is 11.0. The van der Waals surface area contributed by atoms with Crippen LogP contribution < -0.4 is 4.74 Å². The average molecular weight is 272 g/mol. The number of phenolic OH excluding ortho intramolecular Hbond substituents is 2. The van der Waals surface area contributed by atoms with E-state index in [9.17, 15) is 15.0 Å². The van der Waals surface area contributed by atoms with Crippen LogP contribution in [0.25, 0.3) is 0 Å². The smallest absolute Gasteiger partial charge is 0.163 e. The lowest BCUT2D eigenvalue weighted by Crippen LogP contribution is -2.02. The van der Waals surface area contributed by atoms with Gasteiger partial charge < -0.3 is 14.9 Å². The Balaban J connectivity index is 2.05. The quantitative estimate of drug-likeness (QED) is 0.821. The predicted molar refractivity (Wildman–Crippen MR) is 75.4 cm³/mol. The number of carbonyl (C=O) groups is 1. The van der Waals surface area contributed by atoms with E-state index in [0.717, 1.165) is 5.56 Å². The fourth-order valence-electron chi connectivity index (χ4n) is 1.98. The second kappa shape index (κ2) is 6.10. The molecule has 0 atom stereocenters. The van der Waals surface area contributed by atoms with Crippen LogP contribution >= 0.6 is 0 Å². The number of Topliss-reactive ketones (excluding diaryl/α,β-unsaturated/α-hetero) is 1. The number of aromatic hydroxyl groups is 2. The Morgan fingerprint density at radius 3 is 2.35 bits per heavy atom. The zero-order valence-electron chi connectivity index (χ0n) is 11.2. The number of aryl methyl sites for hydroxylation is 1. The molecule has 104 valence electrons. The van der Waals surface area contributed by atoms with Crippen molar-refractivity contribution < 1.29 is 19.7 Å². The average Bonchev–Trinajstić information content (AvgIpc) is 2.46. The number of rotatable bonds is 5. The molecule has 0 aliphatic carbocycles. The second-order valence-electron chi connectivity index (χ2n) is 4.47. The van der Waals surface area contributed by atoms with Gasteiger partial charge in [0.2, 0.25) is 0 Å². The van der Waals surface area contributed by atoms with E-state index in [1.807, 2.05) is 0 Å². The van der Waals surface area contributed by atoms with Crippen molar-refractivity contribution in [2.75, 3.05) is 7.11 Å². The standard InChI is InChI=1S/C16H16O4/c1-20-16-10-14(18)8-4-12(16)5-9-15(19)11-2-6-13(17)7-3-11/h2-4,6-8,10,17-18H,5,9H2,1H3. The van der Waals surface area contributed by atoms with Gasteiger partial charge in [0.1, 0.15) is 17.2 Å². The Morgan fingerprint density at radius 1 is 1.05 bits per heavy atom. The van der Waals surface area contributed by atoms with Gasteiger partial charge in [-0.15, -0.1) is 0 Å². The van der Waals surface area contributed by atoms with E-state index in [2.05, 4.69) is 0 Å². The second-order valence-corrected chi connectivity index (χ2v) is 4.47. The lowest BCUT2D eigenvalue weighted by atomic mass is 10.0. The molecule has 0 saturated heterocycles. The van der Waals surface area contributed by atoms with Gasteiger partial charge in [-0.05, 0) is 42.3 Å². The zero-order chi connectivity index (χ0) is 14.5. The van der Waals surface area contributed by atoms with Crippen molar-refractivity contribution in [2.45, 2.75) is 12.8 Å². The number of phenols is 2. The normalized spacial score (nSPS) is 10.2. The molecule has 0 saturated carbocycles. The number of ether oxygens (including phenoxy) is 1. The molecule has 0 amide bonds. The molecule has 0 aliphatic heterocycles. The number of hydrogen-bond donors (Lipinski definition) is 2. The summed E-state index contributed by atoms with van der Waals surface area (Å²) in [6.07, 6.45) is 0.870. The maximum atomic E-state index is 12.0. The number of ketones is 1. The molecule has 0 spiro atoms. The van der Waals surface area contributed by atoms with E-state index >= 15 is 0 Å². The predicted octanol–water partition coefficient (Wildman–Crippen LogP) is 2.92. The van der Waals surface area contributed by atoms with Gasteiger partial charge in [-0.2, -0.15) is 0 Å². The van der Waals surface area contributed by atoms with Crippen molar-refractivity contribution in [1.29, 1.82) is 0 Å². The molecule has 2 N–H and O–H groups in total. The number of benzene rings is 2. The van der Waals surface area contributed by atoms with Gasteiger partial charge in [0.05, 0.1) is 7.11 Å². The molecule has 2 aromatic rings. The van der Waals surface area contributed by atoms with E-state index in [1.54, 1.807) is 24.3 Å². The molecular formula is C16H16O4. The summed E-state index contributed by atoms with van der Waals surface area (Å²) < 4.78 is 5.18. The summed E-state index contributed by atoms with van der Waals surface area (Å²) in [4.78, 5) is 12.0. The fraction of sp³-hybridized carbons (Fsp3) is 0.188. The molecule has 20 heavy (non-hydrogen) atoms. The minimum absolute atomic E-state index is 0.000119. The van der Waals surface area contributed by atoms with Crippen molar-refractivity contribution in [2.24, 2.45) is 0 Å². The molecule has 0 aromatic heterocycles. The Morgan fingerprint density at radius 2 is 1.70 bits per heavy atom. The largest absolute Gasteiger partial charge is 0.508 e. The highest BCUT2D eigenvalue weighted by molar-refractivity contribution is 5.96. The summed E-state index contributed by atoms with van der Waals surface area (Å²) in [5.74, 6) is 0.848. The number of carbonyl (C=O) groups excluding carboxylic acids is 1. The van der Waals surface area contributed by atoms with E-state index < -0.39 is 0 Å². The van der Waals surface area contributed by atoms with Crippen molar-refractivity contribution >= 4 is 5.78 Å². The highest BCUT2D eigenvalue weighted by Gasteiger charge is 2.09. The molecule has 0 unspecified atom stereocenters. The molecule has 0 aliphatic rings. The molecular weight excluding hydrogens is 256 g/mol. The van der Waals surface area contributed by atoms with Crippen LogP contribution in [0.3, 0.4) is 0 Å². The zero-order valence-corrected chi connectivity index (χ0v) is 11.2. The third-order valence-electron chi connectivity index (χ3n) is 3.08. The minimum Gasteiger partial charge on any atom is -0.508 e. The maximum absolute atomic E-state index is 12.0. The SMILES string of the molecule is COc1cc(O)ccc1CCC(=O)c1ccc(O)cc1. The fourth-order valence-corrected chi connectivity index (χ4v) is 1.98. The lowest BCUT2D eigenvalue weighted by molar-refractivity contribution is 0.0982. The molecule has 0 radical (unpaired) electrons. The maximum Gasteiger partial charge on any atom is 0.163 e. The van der Waals surface area contributed by atoms with E-state index in [4.69, 9.17) is 4.74 Å². The molecule has 0 heterocycles. The van der Waals surface area contributed by atoms with Crippen LogP contribution in [0.4, 0.5) is 0 Å². The van der Waals surface area contributed by atoms with Crippen LogP contribution in [0.1, 0.15) is 22.3 Å². The first-order chi connectivity index (χ1) is 9.60. The topological polar surface area (TPSA) is 66.8 Å². The summed E-state index contributed by atoms with van der Waals surface area (Å²) >= 11 is 0. The van der Waals surface area contributed by atoms with E-state index in [-0.39, 0.29) is 17.3 Å². The minimum atomic E-state index is 0.000119. The molecule has 2 rings (SSSR count). The molecule has 0 fully saturated rings. The summed E-state index contributed by atoms with van der Waals surface area (Å²) in [6.45, 7) is 0. The Labute approximate surface area is 117 Å². The molecule has 4 nitrogen and oxygen atoms in total. The van der Waals surface area contributed by atoms with Gasteiger partial charge in [0.15, 0.2) is 5.78 Å². The van der Waals surface area contributed by atoms with Crippen LogP contribution in [0.5, 0.6) is 17.2 Å². The van der Waals surface area contributed by atoms with Crippen LogP contribution in [-0.4, -0.2) is 23.1 Å². The van der Waals surface area contributed by atoms with Crippen LogP contribution in [-0.2, 0) is 6.42 Å². The van der Waals surface area contributed by atoms with Crippen molar-refractivity contribution in [3.63, 3.8) is 0 Å². The Hall–Kier alpha value is -2.49. The van der Waals surface area contributed by atoms with Gasteiger partial charge in [-0.3, -0.25) is 4.79 Å². The van der Waals surface area contributed by atoms with Crippen molar-refractivity contribution in [3.8, 4) is 17.2 Å².